The van der Waals surface area contributed by atoms with E-state index in [4.69, 9.17) is 4.74 Å². The molecule has 0 saturated carbocycles. The van der Waals surface area contributed by atoms with Crippen molar-refractivity contribution >= 4 is 0 Å². The minimum absolute atomic E-state index is 0.669. The SMILES string of the molecule is CCC(CC)C(C)NCC1CCOCC1. The van der Waals surface area contributed by atoms with Crippen LogP contribution in [0, 0.1) is 11.8 Å². The zero-order valence-corrected chi connectivity index (χ0v) is 10.6. The quantitative estimate of drug-likeness (QED) is 0.732. The van der Waals surface area contributed by atoms with E-state index in [1.807, 2.05) is 0 Å². The molecule has 1 heterocycles. The second kappa shape index (κ2) is 7.24. The van der Waals surface area contributed by atoms with E-state index in [0.717, 1.165) is 25.0 Å². The topological polar surface area (TPSA) is 21.3 Å². The van der Waals surface area contributed by atoms with E-state index < -0.39 is 0 Å². The van der Waals surface area contributed by atoms with Crippen LogP contribution >= 0.6 is 0 Å². The molecule has 15 heavy (non-hydrogen) atoms. The molecule has 1 saturated heterocycles. The van der Waals surface area contributed by atoms with Gasteiger partial charge < -0.3 is 10.1 Å². The smallest absolute Gasteiger partial charge is 0.0469 e. The van der Waals surface area contributed by atoms with Crippen molar-refractivity contribution in [1.29, 1.82) is 0 Å². The lowest BCUT2D eigenvalue weighted by Gasteiger charge is -2.27. The van der Waals surface area contributed by atoms with E-state index in [1.54, 1.807) is 0 Å². The summed E-state index contributed by atoms with van der Waals surface area (Å²) in [5.41, 5.74) is 0. The highest BCUT2D eigenvalue weighted by Gasteiger charge is 2.17. The molecule has 0 aromatic carbocycles. The largest absolute Gasteiger partial charge is 0.381 e. The summed E-state index contributed by atoms with van der Waals surface area (Å²) in [5.74, 6) is 1.68. The molecule has 1 aliphatic rings. The van der Waals surface area contributed by atoms with Crippen LogP contribution in [0.2, 0.25) is 0 Å². The molecule has 90 valence electrons. The van der Waals surface area contributed by atoms with Crippen LogP contribution in [-0.4, -0.2) is 25.8 Å². The molecule has 1 fully saturated rings. The lowest BCUT2D eigenvalue weighted by atomic mass is 9.94. The second-order valence-electron chi connectivity index (χ2n) is 4.83. The van der Waals surface area contributed by atoms with Gasteiger partial charge in [-0.1, -0.05) is 26.7 Å². The second-order valence-corrected chi connectivity index (χ2v) is 4.83. The molecule has 1 atom stereocenters. The van der Waals surface area contributed by atoms with E-state index in [1.165, 1.54) is 32.2 Å². The first-order chi connectivity index (χ1) is 7.27. The number of hydrogen-bond donors (Lipinski definition) is 1. The number of hydrogen-bond acceptors (Lipinski definition) is 2. The van der Waals surface area contributed by atoms with Crippen molar-refractivity contribution in [2.24, 2.45) is 11.8 Å². The fourth-order valence-electron chi connectivity index (χ4n) is 2.47. The van der Waals surface area contributed by atoms with Gasteiger partial charge in [0.25, 0.3) is 0 Å². The van der Waals surface area contributed by atoms with Gasteiger partial charge in [0.1, 0.15) is 0 Å². The first-order valence-electron chi connectivity index (χ1n) is 6.59. The Balaban J connectivity index is 2.16. The van der Waals surface area contributed by atoms with Gasteiger partial charge in [0.15, 0.2) is 0 Å². The van der Waals surface area contributed by atoms with Crippen molar-refractivity contribution in [2.75, 3.05) is 19.8 Å². The predicted octanol–water partition coefficient (Wildman–Crippen LogP) is 2.83. The van der Waals surface area contributed by atoms with E-state index in [2.05, 4.69) is 26.1 Å². The van der Waals surface area contributed by atoms with Crippen LogP contribution in [0.25, 0.3) is 0 Å². The Morgan fingerprint density at radius 1 is 1.20 bits per heavy atom. The molecule has 1 rings (SSSR count). The van der Waals surface area contributed by atoms with Gasteiger partial charge in [-0.3, -0.25) is 0 Å². The molecule has 0 aromatic rings. The molecule has 0 aliphatic carbocycles. The van der Waals surface area contributed by atoms with E-state index in [-0.39, 0.29) is 0 Å². The molecular weight excluding hydrogens is 186 g/mol. The molecule has 0 amide bonds. The van der Waals surface area contributed by atoms with Gasteiger partial charge in [0.2, 0.25) is 0 Å². The average molecular weight is 213 g/mol. The Hall–Kier alpha value is -0.0800. The van der Waals surface area contributed by atoms with Gasteiger partial charge in [-0.05, 0) is 38.1 Å². The van der Waals surface area contributed by atoms with Crippen molar-refractivity contribution in [3.8, 4) is 0 Å². The molecule has 2 heteroatoms. The Kier molecular flexibility index (Phi) is 6.26. The van der Waals surface area contributed by atoms with E-state index in [9.17, 15) is 0 Å². The summed E-state index contributed by atoms with van der Waals surface area (Å²) in [6.45, 7) is 10.0. The van der Waals surface area contributed by atoms with Crippen molar-refractivity contribution in [3.63, 3.8) is 0 Å². The fourth-order valence-corrected chi connectivity index (χ4v) is 2.47. The third-order valence-corrected chi connectivity index (χ3v) is 3.83. The Morgan fingerprint density at radius 3 is 2.33 bits per heavy atom. The van der Waals surface area contributed by atoms with Crippen molar-refractivity contribution in [3.05, 3.63) is 0 Å². The first-order valence-corrected chi connectivity index (χ1v) is 6.59. The van der Waals surface area contributed by atoms with Crippen LogP contribution < -0.4 is 5.32 Å². The Bertz CT molecular complexity index is 151. The van der Waals surface area contributed by atoms with Gasteiger partial charge in [0, 0.05) is 19.3 Å². The summed E-state index contributed by atoms with van der Waals surface area (Å²) in [7, 11) is 0. The molecule has 1 N–H and O–H groups in total. The summed E-state index contributed by atoms with van der Waals surface area (Å²) in [5, 5.41) is 3.70. The summed E-state index contributed by atoms with van der Waals surface area (Å²) < 4.78 is 5.37. The minimum Gasteiger partial charge on any atom is -0.381 e. The third-order valence-electron chi connectivity index (χ3n) is 3.83. The van der Waals surface area contributed by atoms with Crippen molar-refractivity contribution in [2.45, 2.75) is 52.5 Å². The highest BCUT2D eigenvalue weighted by atomic mass is 16.5. The minimum atomic E-state index is 0.669. The molecule has 0 aromatic heterocycles. The van der Waals surface area contributed by atoms with Crippen molar-refractivity contribution < 1.29 is 4.74 Å². The number of rotatable bonds is 6. The Morgan fingerprint density at radius 2 is 1.80 bits per heavy atom. The zero-order valence-electron chi connectivity index (χ0n) is 10.6. The van der Waals surface area contributed by atoms with Gasteiger partial charge in [-0.2, -0.15) is 0 Å². The van der Waals surface area contributed by atoms with Crippen LogP contribution in [0.3, 0.4) is 0 Å². The van der Waals surface area contributed by atoms with Gasteiger partial charge >= 0.3 is 0 Å². The summed E-state index contributed by atoms with van der Waals surface area (Å²) >= 11 is 0. The number of nitrogens with one attached hydrogen (secondary N) is 1. The normalized spacial score (nSPS) is 20.8. The monoisotopic (exact) mass is 213 g/mol. The van der Waals surface area contributed by atoms with Gasteiger partial charge in [-0.15, -0.1) is 0 Å². The molecule has 0 spiro atoms. The van der Waals surface area contributed by atoms with Crippen LogP contribution in [0.4, 0.5) is 0 Å². The lowest BCUT2D eigenvalue weighted by Crippen LogP contribution is -2.37. The van der Waals surface area contributed by atoms with Crippen LogP contribution in [0.15, 0.2) is 0 Å². The molecule has 0 radical (unpaired) electrons. The molecule has 1 aliphatic heterocycles. The molecule has 0 bridgehead atoms. The highest BCUT2D eigenvalue weighted by molar-refractivity contribution is 4.73. The van der Waals surface area contributed by atoms with Crippen LogP contribution in [0.1, 0.15) is 46.5 Å². The molecular formula is C13H27NO. The van der Waals surface area contributed by atoms with Crippen LogP contribution in [-0.2, 0) is 4.74 Å². The first kappa shape index (κ1) is 13.0. The lowest BCUT2D eigenvalue weighted by molar-refractivity contribution is 0.0648. The molecule has 1 unspecified atom stereocenters. The number of ether oxygens (including phenoxy) is 1. The summed E-state index contributed by atoms with van der Waals surface area (Å²) in [6, 6.07) is 0.669. The van der Waals surface area contributed by atoms with Gasteiger partial charge in [0.05, 0.1) is 0 Å². The van der Waals surface area contributed by atoms with Crippen LogP contribution in [0.5, 0.6) is 0 Å². The van der Waals surface area contributed by atoms with E-state index >= 15 is 0 Å². The fraction of sp³-hybridized carbons (Fsp3) is 1.00. The maximum Gasteiger partial charge on any atom is 0.0469 e. The Labute approximate surface area is 94.8 Å². The maximum absolute atomic E-state index is 5.37. The zero-order chi connectivity index (χ0) is 11.1. The average Bonchev–Trinajstić information content (AvgIpc) is 2.29. The summed E-state index contributed by atoms with van der Waals surface area (Å²) in [6.07, 6.45) is 5.06. The van der Waals surface area contributed by atoms with Crippen molar-refractivity contribution in [1.82, 2.24) is 5.32 Å². The molecule has 2 nitrogen and oxygen atoms in total. The van der Waals surface area contributed by atoms with Gasteiger partial charge in [-0.25, -0.2) is 0 Å². The maximum atomic E-state index is 5.37. The standard InChI is InChI=1S/C13H27NO/c1-4-13(5-2)11(3)14-10-12-6-8-15-9-7-12/h11-14H,4-10H2,1-3H3. The summed E-state index contributed by atoms with van der Waals surface area (Å²) in [4.78, 5) is 0. The predicted molar refractivity (Wildman–Crippen MR) is 65.1 cm³/mol. The third kappa shape index (κ3) is 4.52. The highest BCUT2D eigenvalue weighted by Crippen LogP contribution is 2.16. The van der Waals surface area contributed by atoms with E-state index in [0.29, 0.717) is 6.04 Å².